The van der Waals surface area contributed by atoms with Gasteiger partial charge in [0.15, 0.2) is 11.5 Å². The maximum atomic E-state index is 11.8. The second-order valence-electron chi connectivity index (χ2n) is 5.33. The number of hydrogen-bond acceptors (Lipinski definition) is 4. The number of phenols is 2. The van der Waals surface area contributed by atoms with Crippen molar-refractivity contribution < 1.29 is 15.0 Å². The molecule has 0 aliphatic heterocycles. The average molecular weight is 366 g/mol. The summed E-state index contributed by atoms with van der Waals surface area (Å²) in [4.78, 5) is 12.9. The highest BCUT2D eigenvalue weighted by molar-refractivity contribution is 7.99. The summed E-state index contributed by atoms with van der Waals surface area (Å²) < 4.78 is 0. The monoisotopic (exact) mass is 365 g/mol. The van der Waals surface area contributed by atoms with Gasteiger partial charge < -0.3 is 15.5 Å². The summed E-state index contributed by atoms with van der Waals surface area (Å²) >= 11 is 7.54. The zero-order valence-corrected chi connectivity index (χ0v) is 14.7. The van der Waals surface area contributed by atoms with E-state index in [9.17, 15) is 15.0 Å². The first-order valence-corrected chi connectivity index (χ1v) is 9.07. The third-order valence-electron chi connectivity index (χ3n) is 3.41. The Morgan fingerprint density at radius 3 is 2.54 bits per heavy atom. The van der Waals surface area contributed by atoms with E-state index in [1.54, 1.807) is 17.8 Å². The van der Waals surface area contributed by atoms with E-state index in [1.807, 2.05) is 24.3 Å². The Hall–Kier alpha value is -1.85. The van der Waals surface area contributed by atoms with Crippen LogP contribution in [0.1, 0.15) is 18.4 Å². The molecule has 6 heteroatoms. The van der Waals surface area contributed by atoms with Gasteiger partial charge in [-0.05, 0) is 60.6 Å². The summed E-state index contributed by atoms with van der Waals surface area (Å²) in [5.74, 6) is 0.620. The molecular formula is C18H20ClNO3S. The number of rotatable bonds is 8. The van der Waals surface area contributed by atoms with Crippen molar-refractivity contribution in [1.82, 2.24) is 5.32 Å². The Kier molecular flexibility index (Phi) is 7.28. The summed E-state index contributed by atoms with van der Waals surface area (Å²) in [5, 5.41) is 22.2. The SMILES string of the molecule is O=C(CCCSc1ccc(Cl)cc1)NCCc1ccc(O)c(O)c1. The van der Waals surface area contributed by atoms with Crippen molar-refractivity contribution in [3.8, 4) is 11.5 Å². The minimum Gasteiger partial charge on any atom is -0.504 e. The van der Waals surface area contributed by atoms with E-state index < -0.39 is 0 Å². The molecule has 1 amide bonds. The van der Waals surface area contributed by atoms with E-state index in [1.165, 1.54) is 12.1 Å². The zero-order valence-electron chi connectivity index (χ0n) is 13.2. The zero-order chi connectivity index (χ0) is 17.4. The number of benzene rings is 2. The molecule has 0 saturated heterocycles. The first-order valence-electron chi connectivity index (χ1n) is 7.70. The number of carbonyl (C=O) groups excluding carboxylic acids is 1. The van der Waals surface area contributed by atoms with Gasteiger partial charge in [-0.1, -0.05) is 17.7 Å². The number of hydrogen-bond donors (Lipinski definition) is 3. The van der Waals surface area contributed by atoms with Crippen molar-refractivity contribution >= 4 is 29.3 Å². The highest BCUT2D eigenvalue weighted by Crippen LogP contribution is 2.25. The Balaban J connectivity index is 1.59. The molecule has 3 N–H and O–H groups in total. The standard InChI is InChI=1S/C18H20ClNO3S/c19-14-4-6-15(7-5-14)24-11-1-2-18(23)20-10-9-13-3-8-16(21)17(22)12-13/h3-8,12,21-22H,1-2,9-11H2,(H,20,23). The maximum absolute atomic E-state index is 11.8. The van der Waals surface area contributed by atoms with Gasteiger partial charge in [-0.2, -0.15) is 0 Å². The first-order chi connectivity index (χ1) is 11.5. The highest BCUT2D eigenvalue weighted by Gasteiger charge is 2.04. The molecule has 0 aromatic heterocycles. The van der Waals surface area contributed by atoms with Crippen molar-refractivity contribution in [2.24, 2.45) is 0 Å². The Morgan fingerprint density at radius 1 is 1.08 bits per heavy atom. The predicted molar refractivity (Wildman–Crippen MR) is 97.9 cm³/mol. The molecule has 0 atom stereocenters. The molecule has 2 rings (SSSR count). The third-order valence-corrected chi connectivity index (χ3v) is 4.76. The number of halogens is 1. The second-order valence-corrected chi connectivity index (χ2v) is 6.93. The molecule has 0 spiro atoms. The molecular weight excluding hydrogens is 346 g/mol. The number of carbonyl (C=O) groups is 1. The molecule has 128 valence electrons. The lowest BCUT2D eigenvalue weighted by Gasteiger charge is -2.06. The van der Waals surface area contributed by atoms with Crippen LogP contribution in [-0.2, 0) is 11.2 Å². The van der Waals surface area contributed by atoms with Crippen molar-refractivity contribution in [3.05, 3.63) is 53.1 Å². The molecule has 0 aliphatic carbocycles. The smallest absolute Gasteiger partial charge is 0.220 e. The fourth-order valence-corrected chi connectivity index (χ4v) is 3.09. The van der Waals surface area contributed by atoms with Gasteiger partial charge in [0.1, 0.15) is 0 Å². The van der Waals surface area contributed by atoms with Crippen LogP contribution in [0.15, 0.2) is 47.4 Å². The topological polar surface area (TPSA) is 69.6 Å². The van der Waals surface area contributed by atoms with Gasteiger partial charge in [0.25, 0.3) is 0 Å². The maximum Gasteiger partial charge on any atom is 0.220 e. The quantitative estimate of drug-likeness (QED) is 0.376. The minimum absolute atomic E-state index is 0.0229. The minimum atomic E-state index is -0.141. The number of amides is 1. The molecule has 0 fully saturated rings. The van der Waals surface area contributed by atoms with Gasteiger partial charge in [0, 0.05) is 22.9 Å². The van der Waals surface area contributed by atoms with Gasteiger partial charge in [0.05, 0.1) is 0 Å². The van der Waals surface area contributed by atoms with Crippen LogP contribution in [0, 0.1) is 0 Å². The van der Waals surface area contributed by atoms with Crippen molar-refractivity contribution in [2.45, 2.75) is 24.2 Å². The molecule has 0 saturated carbocycles. The molecule has 2 aromatic rings. The van der Waals surface area contributed by atoms with Crippen molar-refractivity contribution in [3.63, 3.8) is 0 Å². The summed E-state index contributed by atoms with van der Waals surface area (Å²) in [6, 6.07) is 12.3. The van der Waals surface area contributed by atoms with Crippen molar-refractivity contribution in [1.29, 1.82) is 0 Å². The molecule has 0 unspecified atom stereocenters. The Bertz CT molecular complexity index is 676. The van der Waals surface area contributed by atoms with Crippen LogP contribution in [0.5, 0.6) is 11.5 Å². The van der Waals surface area contributed by atoms with Gasteiger partial charge in [-0.3, -0.25) is 4.79 Å². The molecule has 0 heterocycles. The molecule has 0 aliphatic rings. The summed E-state index contributed by atoms with van der Waals surface area (Å²) in [6.45, 7) is 0.507. The van der Waals surface area contributed by atoms with Gasteiger partial charge in [-0.25, -0.2) is 0 Å². The van der Waals surface area contributed by atoms with Crippen molar-refractivity contribution in [2.75, 3.05) is 12.3 Å². The van der Waals surface area contributed by atoms with Crippen LogP contribution >= 0.6 is 23.4 Å². The van der Waals surface area contributed by atoms with E-state index in [0.717, 1.165) is 27.7 Å². The molecule has 0 bridgehead atoms. The second kappa shape index (κ2) is 9.45. The molecule has 0 radical (unpaired) electrons. The lowest BCUT2D eigenvalue weighted by Crippen LogP contribution is -2.25. The van der Waals surface area contributed by atoms with Crippen LogP contribution in [0.4, 0.5) is 0 Å². The number of aromatic hydroxyl groups is 2. The molecule has 4 nitrogen and oxygen atoms in total. The third kappa shape index (κ3) is 6.34. The predicted octanol–water partition coefficient (Wildman–Crippen LogP) is 3.98. The van der Waals surface area contributed by atoms with E-state index in [4.69, 9.17) is 11.6 Å². The van der Waals surface area contributed by atoms with E-state index in [2.05, 4.69) is 5.32 Å². The van der Waals surface area contributed by atoms with E-state index >= 15 is 0 Å². The average Bonchev–Trinajstić information content (AvgIpc) is 2.56. The normalized spacial score (nSPS) is 10.5. The Morgan fingerprint density at radius 2 is 1.83 bits per heavy atom. The fourth-order valence-electron chi connectivity index (χ4n) is 2.11. The summed E-state index contributed by atoms with van der Waals surface area (Å²) in [7, 11) is 0. The van der Waals surface area contributed by atoms with Crippen LogP contribution in [0.3, 0.4) is 0 Å². The lowest BCUT2D eigenvalue weighted by atomic mass is 10.1. The lowest BCUT2D eigenvalue weighted by molar-refractivity contribution is -0.121. The Labute approximate surface area is 150 Å². The largest absolute Gasteiger partial charge is 0.504 e. The van der Waals surface area contributed by atoms with E-state index in [-0.39, 0.29) is 17.4 Å². The van der Waals surface area contributed by atoms with Gasteiger partial charge in [-0.15, -0.1) is 11.8 Å². The van der Waals surface area contributed by atoms with Gasteiger partial charge in [0.2, 0.25) is 5.91 Å². The number of phenolic OH excluding ortho intramolecular Hbond substituents is 2. The molecule has 24 heavy (non-hydrogen) atoms. The van der Waals surface area contributed by atoms with E-state index in [0.29, 0.717) is 19.4 Å². The van der Waals surface area contributed by atoms with Crippen LogP contribution in [0.25, 0.3) is 0 Å². The van der Waals surface area contributed by atoms with Crippen LogP contribution < -0.4 is 5.32 Å². The van der Waals surface area contributed by atoms with Crippen LogP contribution in [0.2, 0.25) is 5.02 Å². The number of nitrogens with one attached hydrogen (secondary N) is 1. The summed E-state index contributed by atoms with van der Waals surface area (Å²) in [6.07, 6.45) is 1.90. The van der Waals surface area contributed by atoms with Gasteiger partial charge >= 0.3 is 0 Å². The molecule has 2 aromatic carbocycles. The highest BCUT2D eigenvalue weighted by atomic mass is 35.5. The fraction of sp³-hybridized carbons (Fsp3) is 0.278. The number of thioether (sulfide) groups is 1. The summed E-state index contributed by atoms with van der Waals surface area (Å²) in [5.41, 5.74) is 0.865. The first kappa shape index (κ1) is 18.5. The van der Waals surface area contributed by atoms with Crippen LogP contribution in [-0.4, -0.2) is 28.4 Å².